The normalized spacial score (nSPS) is 31.0. The summed E-state index contributed by atoms with van der Waals surface area (Å²) in [6, 6.07) is 7.63. The van der Waals surface area contributed by atoms with Crippen LogP contribution in [0.25, 0.3) is 22.3 Å². The van der Waals surface area contributed by atoms with Crippen molar-refractivity contribution in [1.29, 1.82) is 0 Å². The van der Waals surface area contributed by atoms with Crippen LogP contribution in [-0.2, 0) is 14.2 Å². The van der Waals surface area contributed by atoms with Gasteiger partial charge >= 0.3 is 0 Å². The van der Waals surface area contributed by atoms with E-state index >= 15 is 0 Å². The Morgan fingerprint density at radius 2 is 1.36 bits per heavy atom. The molecule has 10 atom stereocenters. The molecule has 3 aromatic rings. The Balaban J connectivity index is 1.53. The number of aliphatic hydroxyl groups excluding tert-OH is 6. The summed E-state index contributed by atoms with van der Waals surface area (Å²) in [5, 5.41) is 62.6. The maximum absolute atomic E-state index is 14.1. The summed E-state index contributed by atoms with van der Waals surface area (Å²) in [5.41, 5.74) is -0.370. The van der Waals surface area contributed by atoms with Crippen LogP contribution in [-0.4, -0.2) is 127 Å². The molecule has 47 heavy (non-hydrogen) atoms. The number of aliphatic hydroxyl groups is 6. The first-order valence-electron chi connectivity index (χ1n) is 14.6. The van der Waals surface area contributed by atoms with Gasteiger partial charge in [-0.3, -0.25) is 4.79 Å². The first-order chi connectivity index (χ1) is 22.4. The van der Waals surface area contributed by atoms with Gasteiger partial charge in [0.2, 0.25) is 17.5 Å². The predicted octanol–water partition coefficient (Wildman–Crippen LogP) is -0.475. The van der Waals surface area contributed by atoms with Gasteiger partial charge in [-0.25, -0.2) is 0 Å². The highest BCUT2D eigenvalue weighted by Gasteiger charge is 2.48. The minimum Gasteiger partial charge on any atom is -0.496 e. The third-order valence-corrected chi connectivity index (χ3v) is 8.13. The van der Waals surface area contributed by atoms with Crippen LogP contribution in [0.5, 0.6) is 28.7 Å². The molecule has 16 heteroatoms. The van der Waals surface area contributed by atoms with Crippen molar-refractivity contribution in [1.82, 2.24) is 0 Å². The van der Waals surface area contributed by atoms with Gasteiger partial charge in [0.05, 0.1) is 41.2 Å². The molecular formula is C31H38O16. The molecule has 0 saturated carbocycles. The van der Waals surface area contributed by atoms with Crippen molar-refractivity contribution in [3.63, 3.8) is 0 Å². The number of hydrogen-bond donors (Lipinski definition) is 6. The number of hydrogen-bond acceptors (Lipinski definition) is 16. The summed E-state index contributed by atoms with van der Waals surface area (Å²) < 4.78 is 50.4. The average Bonchev–Trinajstić information content (AvgIpc) is 3.08. The molecule has 0 aliphatic carbocycles. The standard InChI is InChI=1S/C31H38O16/c1-12-21(32)24(35)26(37)30(44-12)43-11-19-22(33)25(36)27(38)31(46-19)47-29-23(34)20-17(42-5)9-14(39-2)10-18(20)45-28(29)13-6-7-15(40-3)16(8-13)41-4/h6-10,12,19,21-22,24-27,30-33,35-38H,11H2,1-5H3/t12-,19-,21+,22+,24+,25+,26-,27-,30-,31+/m1/s1. The van der Waals surface area contributed by atoms with Gasteiger partial charge in [0.1, 0.15) is 65.2 Å². The van der Waals surface area contributed by atoms with Crippen LogP contribution in [0.3, 0.4) is 0 Å². The molecule has 16 nitrogen and oxygen atoms in total. The third-order valence-electron chi connectivity index (χ3n) is 8.13. The SMILES string of the molecule is COc1cc(OC)c2c(=O)c(O[C@@H]3O[C@H](CO[C@@H]4O[C@H](C)[C@H](O)[C@H](O)[C@H]4O)[C@H](O)[C@H](O)[C@H]3O)c(-c3ccc(OC)c(OC)c3)oc2c1. The fourth-order valence-electron chi connectivity index (χ4n) is 5.40. The quantitative estimate of drug-likeness (QED) is 0.161. The van der Waals surface area contributed by atoms with Crippen LogP contribution in [0.15, 0.2) is 39.5 Å². The van der Waals surface area contributed by atoms with Crippen LogP contribution in [0, 0.1) is 0 Å². The Hall–Kier alpha value is -3.71. The lowest BCUT2D eigenvalue weighted by molar-refractivity contribution is -0.318. The number of ether oxygens (including phenoxy) is 8. The molecule has 2 aliphatic rings. The molecule has 2 aromatic carbocycles. The number of benzene rings is 2. The van der Waals surface area contributed by atoms with Gasteiger partial charge in [0.15, 0.2) is 23.5 Å². The Labute approximate surface area is 268 Å². The highest BCUT2D eigenvalue weighted by Crippen LogP contribution is 2.40. The molecule has 0 amide bonds. The van der Waals surface area contributed by atoms with E-state index in [1.54, 1.807) is 12.1 Å². The van der Waals surface area contributed by atoms with E-state index in [-0.39, 0.29) is 22.5 Å². The van der Waals surface area contributed by atoms with Gasteiger partial charge in [-0.15, -0.1) is 0 Å². The van der Waals surface area contributed by atoms with Crippen molar-refractivity contribution in [3.05, 3.63) is 40.6 Å². The highest BCUT2D eigenvalue weighted by atomic mass is 16.7. The lowest BCUT2D eigenvalue weighted by atomic mass is 9.98. The molecule has 2 aliphatic heterocycles. The van der Waals surface area contributed by atoms with Crippen LogP contribution < -0.4 is 29.1 Å². The zero-order valence-corrected chi connectivity index (χ0v) is 26.1. The van der Waals surface area contributed by atoms with Gasteiger partial charge in [-0.1, -0.05) is 0 Å². The van der Waals surface area contributed by atoms with Crippen molar-refractivity contribution < 1.29 is 73.0 Å². The van der Waals surface area contributed by atoms with Crippen LogP contribution in [0.2, 0.25) is 0 Å². The first kappa shape index (κ1) is 34.6. The lowest BCUT2D eigenvalue weighted by Crippen LogP contribution is -2.61. The van der Waals surface area contributed by atoms with E-state index in [1.807, 2.05) is 0 Å². The summed E-state index contributed by atoms with van der Waals surface area (Å²) in [5.74, 6) is 0.543. The average molecular weight is 667 g/mol. The minimum atomic E-state index is -1.87. The molecule has 258 valence electrons. The van der Waals surface area contributed by atoms with Gasteiger partial charge in [0.25, 0.3) is 0 Å². The van der Waals surface area contributed by atoms with Crippen molar-refractivity contribution in [2.24, 2.45) is 0 Å². The van der Waals surface area contributed by atoms with E-state index in [9.17, 15) is 35.4 Å². The Kier molecular flexibility index (Phi) is 10.4. The van der Waals surface area contributed by atoms with Crippen LogP contribution in [0.1, 0.15) is 6.92 Å². The largest absolute Gasteiger partial charge is 0.496 e. The van der Waals surface area contributed by atoms with E-state index in [0.717, 1.165) is 0 Å². The monoisotopic (exact) mass is 666 g/mol. The number of rotatable bonds is 10. The smallest absolute Gasteiger partial charge is 0.239 e. The molecular weight excluding hydrogens is 628 g/mol. The second kappa shape index (κ2) is 14.2. The molecule has 0 spiro atoms. The molecule has 0 unspecified atom stereocenters. The molecule has 6 N–H and O–H groups in total. The third kappa shape index (κ3) is 6.56. The Morgan fingerprint density at radius 3 is 2.02 bits per heavy atom. The molecule has 2 fully saturated rings. The topological polar surface area (TPSA) is 225 Å². The fraction of sp³-hybridized carbons (Fsp3) is 0.516. The Morgan fingerprint density at radius 1 is 0.702 bits per heavy atom. The van der Waals surface area contributed by atoms with Crippen molar-refractivity contribution in [2.75, 3.05) is 35.0 Å². The lowest BCUT2D eigenvalue weighted by Gasteiger charge is -2.42. The van der Waals surface area contributed by atoms with Gasteiger partial charge < -0.3 is 73.0 Å². The second-order valence-electron chi connectivity index (χ2n) is 11.0. The van der Waals surface area contributed by atoms with Gasteiger partial charge in [-0.05, 0) is 25.1 Å². The molecule has 0 radical (unpaired) electrons. The summed E-state index contributed by atoms with van der Waals surface area (Å²) in [6.07, 6.45) is -15.5. The van der Waals surface area contributed by atoms with E-state index < -0.39 is 79.2 Å². The first-order valence-corrected chi connectivity index (χ1v) is 14.6. The van der Waals surface area contributed by atoms with E-state index in [2.05, 4.69) is 0 Å². The number of methoxy groups -OCH3 is 4. The summed E-state index contributed by atoms with van der Waals surface area (Å²) in [6.45, 7) is 0.923. The summed E-state index contributed by atoms with van der Waals surface area (Å²) >= 11 is 0. The fourth-order valence-corrected chi connectivity index (χ4v) is 5.40. The minimum absolute atomic E-state index is 0.0309. The Bertz CT molecular complexity index is 1610. The summed E-state index contributed by atoms with van der Waals surface area (Å²) in [4.78, 5) is 14.1. The van der Waals surface area contributed by atoms with Crippen LogP contribution in [0.4, 0.5) is 0 Å². The van der Waals surface area contributed by atoms with E-state index in [4.69, 9.17) is 42.3 Å². The molecule has 3 heterocycles. The van der Waals surface area contributed by atoms with E-state index in [0.29, 0.717) is 22.8 Å². The maximum atomic E-state index is 14.1. The molecule has 0 bridgehead atoms. The van der Waals surface area contributed by atoms with Crippen molar-refractivity contribution in [3.8, 4) is 40.1 Å². The molecule has 2 saturated heterocycles. The molecule has 1 aromatic heterocycles. The van der Waals surface area contributed by atoms with E-state index in [1.165, 1.54) is 53.6 Å². The maximum Gasteiger partial charge on any atom is 0.239 e. The highest BCUT2D eigenvalue weighted by molar-refractivity contribution is 5.88. The summed E-state index contributed by atoms with van der Waals surface area (Å²) in [7, 11) is 5.66. The van der Waals surface area contributed by atoms with Gasteiger partial charge in [0, 0.05) is 17.7 Å². The van der Waals surface area contributed by atoms with Crippen molar-refractivity contribution in [2.45, 2.75) is 68.3 Å². The number of fused-ring (bicyclic) bond motifs is 1. The molecule has 5 rings (SSSR count). The zero-order chi connectivity index (χ0) is 34.2. The second-order valence-corrected chi connectivity index (χ2v) is 11.0. The van der Waals surface area contributed by atoms with Crippen molar-refractivity contribution >= 4 is 11.0 Å². The predicted molar refractivity (Wildman–Crippen MR) is 160 cm³/mol. The van der Waals surface area contributed by atoms with Crippen LogP contribution >= 0.6 is 0 Å². The zero-order valence-electron chi connectivity index (χ0n) is 26.1. The van der Waals surface area contributed by atoms with Gasteiger partial charge in [-0.2, -0.15) is 0 Å².